The minimum atomic E-state index is 0.239. The molecule has 102 valence electrons. The van der Waals surface area contributed by atoms with Crippen LogP contribution in [0.15, 0.2) is 15.9 Å². The molecule has 0 aliphatic carbocycles. The van der Waals surface area contributed by atoms with Crippen molar-refractivity contribution >= 4 is 27.3 Å². The third kappa shape index (κ3) is 2.98. The van der Waals surface area contributed by atoms with Crippen LogP contribution in [0.1, 0.15) is 50.4 Å². The molecule has 1 aliphatic heterocycles. The van der Waals surface area contributed by atoms with E-state index in [1.54, 1.807) is 0 Å². The van der Waals surface area contributed by atoms with Crippen LogP contribution in [0, 0.1) is 0 Å². The molecule has 2 heterocycles. The van der Waals surface area contributed by atoms with E-state index in [0.29, 0.717) is 12.1 Å². The van der Waals surface area contributed by atoms with Crippen LogP contribution in [0.2, 0.25) is 0 Å². The molecule has 1 fully saturated rings. The Hall–Kier alpha value is 0.1000. The van der Waals surface area contributed by atoms with Crippen molar-refractivity contribution in [3.63, 3.8) is 0 Å². The van der Waals surface area contributed by atoms with Gasteiger partial charge in [-0.1, -0.05) is 13.8 Å². The second-order valence-corrected chi connectivity index (χ2v) is 6.98. The average Bonchev–Trinajstić information content (AvgIpc) is 2.99. The van der Waals surface area contributed by atoms with Gasteiger partial charge in [-0.3, -0.25) is 4.90 Å². The zero-order valence-electron chi connectivity index (χ0n) is 11.2. The highest BCUT2D eigenvalue weighted by atomic mass is 79.9. The minimum Gasteiger partial charge on any atom is -0.326 e. The van der Waals surface area contributed by atoms with E-state index in [-0.39, 0.29) is 6.04 Å². The number of nitrogens with two attached hydrogens (primary N) is 1. The molecule has 2 rings (SSSR count). The lowest BCUT2D eigenvalue weighted by atomic mass is 10.0. The van der Waals surface area contributed by atoms with E-state index in [1.165, 1.54) is 35.2 Å². The summed E-state index contributed by atoms with van der Waals surface area (Å²) >= 11 is 5.40. The standard InChI is InChI=1S/C14H23BrN2S/c1-3-11-6-5-7-17(11)14(12(16)4-2)13-8-10(15)9-18-13/h8-9,11-12,14H,3-7,16H2,1-2H3. The van der Waals surface area contributed by atoms with E-state index in [0.717, 1.165) is 6.42 Å². The van der Waals surface area contributed by atoms with E-state index in [4.69, 9.17) is 5.73 Å². The number of likely N-dealkylation sites (tertiary alicyclic amines) is 1. The van der Waals surface area contributed by atoms with Crippen LogP contribution in [0.5, 0.6) is 0 Å². The maximum atomic E-state index is 6.40. The molecule has 1 aromatic rings. The van der Waals surface area contributed by atoms with Gasteiger partial charge in [-0.05, 0) is 54.2 Å². The second-order valence-electron chi connectivity index (χ2n) is 5.13. The topological polar surface area (TPSA) is 29.3 Å². The number of hydrogen-bond donors (Lipinski definition) is 1. The first-order valence-corrected chi connectivity index (χ1v) is 8.59. The van der Waals surface area contributed by atoms with Crippen molar-refractivity contribution in [1.29, 1.82) is 0 Å². The smallest absolute Gasteiger partial charge is 0.0596 e. The van der Waals surface area contributed by atoms with Gasteiger partial charge in [0.15, 0.2) is 0 Å². The van der Waals surface area contributed by atoms with E-state index in [2.05, 4.69) is 46.1 Å². The van der Waals surface area contributed by atoms with Gasteiger partial charge in [-0.25, -0.2) is 0 Å². The highest BCUT2D eigenvalue weighted by molar-refractivity contribution is 9.10. The van der Waals surface area contributed by atoms with Gasteiger partial charge in [0, 0.05) is 26.8 Å². The Morgan fingerprint density at radius 2 is 2.33 bits per heavy atom. The summed E-state index contributed by atoms with van der Waals surface area (Å²) in [7, 11) is 0. The largest absolute Gasteiger partial charge is 0.326 e. The Bertz CT molecular complexity index is 380. The van der Waals surface area contributed by atoms with Crippen LogP contribution in [0.4, 0.5) is 0 Å². The van der Waals surface area contributed by atoms with E-state index in [1.807, 2.05) is 11.3 Å². The second kappa shape index (κ2) is 6.51. The maximum Gasteiger partial charge on any atom is 0.0596 e. The molecule has 0 bridgehead atoms. The van der Waals surface area contributed by atoms with Crippen molar-refractivity contribution in [3.05, 3.63) is 20.8 Å². The van der Waals surface area contributed by atoms with Crippen LogP contribution in [0.3, 0.4) is 0 Å². The molecule has 0 saturated carbocycles. The zero-order chi connectivity index (χ0) is 13.1. The van der Waals surface area contributed by atoms with Crippen LogP contribution in [0.25, 0.3) is 0 Å². The SMILES string of the molecule is CCC(N)C(c1cc(Br)cs1)N1CCCC1CC. The lowest BCUT2D eigenvalue weighted by molar-refractivity contribution is 0.153. The fourth-order valence-electron chi connectivity index (χ4n) is 2.99. The monoisotopic (exact) mass is 330 g/mol. The molecule has 18 heavy (non-hydrogen) atoms. The van der Waals surface area contributed by atoms with Crippen molar-refractivity contribution in [1.82, 2.24) is 4.90 Å². The van der Waals surface area contributed by atoms with Crippen LogP contribution >= 0.6 is 27.3 Å². The molecular formula is C14H23BrN2S. The molecule has 2 N–H and O–H groups in total. The summed E-state index contributed by atoms with van der Waals surface area (Å²) in [5.74, 6) is 0. The predicted molar refractivity (Wildman–Crippen MR) is 83.0 cm³/mol. The zero-order valence-corrected chi connectivity index (χ0v) is 13.6. The molecule has 1 aromatic heterocycles. The molecular weight excluding hydrogens is 308 g/mol. The first-order valence-electron chi connectivity index (χ1n) is 6.92. The summed E-state index contributed by atoms with van der Waals surface area (Å²) in [4.78, 5) is 4.06. The van der Waals surface area contributed by atoms with Gasteiger partial charge in [0.2, 0.25) is 0 Å². The number of thiophene rings is 1. The van der Waals surface area contributed by atoms with Gasteiger partial charge in [-0.2, -0.15) is 0 Å². The van der Waals surface area contributed by atoms with Gasteiger partial charge in [0.25, 0.3) is 0 Å². The first-order chi connectivity index (χ1) is 8.67. The normalized spacial score (nSPS) is 24.3. The van der Waals surface area contributed by atoms with E-state index < -0.39 is 0 Å². The third-order valence-corrected chi connectivity index (χ3v) is 5.77. The maximum absolute atomic E-state index is 6.40. The molecule has 0 radical (unpaired) electrons. The molecule has 4 heteroatoms. The highest BCUT2D eigenvalue weighted by Crippen LogP contribution is 2.37. The molecule has 0 amide bonds. The fraction of sp³-hybridized carbons (Fsp3) is 0.714. The van der Waals surface area contributed by atoms with Gasteiger partial charge in [0.1, 0.15) is 0 Å². The average molecular weight is 331 g/mol. The Balaban J connectivity index is 2.25. The van der Waals surface area contributed by atoms with E-state index in [9.17, 15) is 0 Å². The Morgan fingerprint density at radius 1 is 1.56 bits per heavy atom. The Labute approximate surface area is 123 Å². The number of hydrogen-bond acceptors (Lipinski definition) is 3. The Morgan fingerprint density at radius 3 is 2.89 bits per heavy atom. The van der Waals surface area contributed by atoms with Crippen molar-refractivity contribution in [2.45, 2.75) is 57.7 Å². The molecule has 1 saturated heterocycles. The van der Waals surface area contributed by atoms with Gasteiger partial charge < -0.3 is 5.73 Å². The van der Waals surface area contributed by atoms with Crippen molar-refractivity contribution in [2.24, 2.45) is 5.73 Å². The van der Waals surface area contributed by atoms with Gasteiger partial charge in [0.05, 0.1) is 6.04 Å². The summed E-state index contributed by atoms with van der Waals surface area (Å²) < 4.78 is 1.18. The van der Waals surface area contributed by atoms with E-state index >= 15 is 0 Å². The van der Waals surface area contributed by atoms with Crippen molar-refractivity contribution < 1.29 is 0 Å². The van der Waals surface area contributed by atoms with Gasteiger partial charge >= 0.3 is 0 Å². The lowest BCUT2D eigenvalue weighted by Gasteiger charge is -2.35. The lowest BCUT2D eigenvalue weighted by Crippen LogP contribution is -2.42. The number of nitrogens with zero attached hydrogens (tertiary/aromatic N) is 1. The number of halogens is 1. The third-order valence-electron chi connectivity index (χ3n) is 4.01. The van der Waals surface area contributed by atoms with Crippen molar-refractivity contribution in [2.75, 3.05) is 6.54 Å². The summed E-state index contributed by atoms with van der Waals surface area (Å²) in [6.45, 7) is 5.69. The predicted octanol–water partition coefficient (Wildman–Crippen LogP) is 4.16. The fourth-order valence-corrected chi connectivity index (χ4v) is 4.63. The quantitative estimate of drug-likeness (QED) is 0.878. The molecule has 0 aromatic carbocycles. The summed E-state index contributed by atoms with van der Waals surface area (Å²) in [5.41, 5.74) is 6.40. The summed E-state index contributed by atoms with van der Waals surface area (Å²) in [6.07, 6.45) is 4.92. The Kier molecular flexibility index (Phi) is 5.24. The number of rotatable bonds is 5. The van der Waals surface area contributed by atoms with Gasteiger partial charge in [-0.15, -0.1) is 11.3 Å². The highest BCUT2D eigenvalue weighted by Gasteiger charge is 2.34. The molecule has 0 spiro atoms. The van der Waals surface area contributed by atoms with Crippen LogP contribution < -0.4 is 5.73 Å². The molecule has 1 aliphatic rings. The van der Waals surface area contributed by atoms with Crippen LogP contribution in [-0.4, -0.2) is 23.5 Å². The van der Waals surface area contributed by atoms with Crippen LogP contribution in [-0.2, 0) is 0 Å². The molecule has 3 unspecified atom stereocenters. The summed E-state index contributed by atoms with van der Waals surface area (Å²) in [5, 5.41) is 2.17. The molecule has 2 nitrogen and oxygen atoms in total. The minimum absolute atomic E-state index is 0.239. The summed E-state index contributed by atoms with van der Waals surface area (Å²) in [6, 6.07) is 3.60. The first kappa shape index (κ1) is 14.5. The molecule has 3 atom stereocenters. The van der Waals surface area contributed by atoms with Crippen molar-refractivity contribution in [3.8, 4) is 0 Å².